The van der Waals surface area contributed by atoms with Crippen molar-refractivity contribution < 1.29 is 0 Å². The lowest BCUT2D eigenvalue weighted by Crippen LogP contribution is -1.96. The minimum atomic E-state index is 0.458. The average molecular weight is 196 g/mol. The second-order valence-corrected chi connectivity index (χ2v) is 3.36. The van der Waals surface area contributed by atoms with E-state index in [2.05, 4.69) is 10.2 Å². The molecule has 68 valence electrons. The van der Waals surface area contributed by atoms with Crippen molar-refractivity contribution in [1.82, 2.24) is 10.2 Å². The van der Waals surface area contributed by atoms with Gasteiger partial charge in [0.1, 0.15) is 0 Å². The second kappa shape index (κ2) is 3.01. The summed E-state index contributed by atoms with van der Waals surface area (Å²) in [5.74, 6) is 0. The molecule has 2 aromatic rings. The van der Waals surface area contributed by atoms with E-state index in [-0.39, 0.29) is 0 Å². The highest BCUT2D eigenvalue weighted by Crippen LogP contribution is 2.27. The quantitative estimate of drug-likeness (QED) is 0.731. The molecule has 3 nitrogen and oxygen atoms in total. The van der Waals surface area contributed by atoms with Crippen LogP contribution in [0.3, 0.4) is 0 Å². The molecule has 0 fully saturated rings. The van der Waals surface area contributed by atoms with Crippen LogP contribution in [-0.2, 0) is 6.54 Å². The molecule has 0 aliphatic heterocycles. The first-order valence-corrected chi connectivity index (χ1v) is 4.44. The number of fused-ring (bicyclic) bond motifs is 1. The number of nitrogens with zero attached hydrogens (tertiary/aromatic N) is 1. The van der Waals surface area contributed by atoms with Crippen LogP contribution in [0.5, 0.6) is 0 Å². The molecule has 0 radical (unpaired) electrons. The molecule has 0 spiro atoms. The number of nitrogens with two attached hydrogens (primary N) is 1. The van der Waals surface area contributed by atoms with Gasteiger partial charge in [-0.05, 0) is 18.6 Å². The number of halogens is 1. The number of aromatic amines is 1. The van der Waals surface area contributed by atoms with Crippen LogP contribution in [0, 0.1) is 6.92 Å². The smallest absolute Gasteiger partial charge is 0.0938 e. The number of hydrogen-bond donors (Lipinski definition) is 2. The molecule has 1 aromatic carbocycles. The zero-order chi connectivity index (χ0) is 9.42. The van der Waals surface area contributed by atoms with Gasteiger partial charge in [0.2, 0.25) is 0 Å². The fraction of sp³-hybridized carbons (Fsp3) is 0.222. The van der Waals surface area contributed by atoms with Gasteiger partial charge < -0.3 is 5.73 Å². The third kappa shape index (κ3) is 1.20. The summed E-state index contributed by atoms with van der Waals surface area (Å²) in [7, 11) is 0. The highest BCUT2D eigenvalue weighted by atomic mass is 35.5. The Labute approximate surface area is 80.9 Å². The predicted molar refractivity (Wildman–Crippen MR) is 53.7 cm³/mol. The average Bonchev–Trinajstić information content (AvgIpc) is 2.49. The molecule has 0 unspecified atom stereocenters. The summed E-state index contributed by atoms with van der Waals surface area (Å²) in [6.45, 7) is 2.40. The van der Waals surface area contributed by atoms with Gasteiger partial charge in [-0.1, -0.05) is 17.7 Å². The van der Waals surface area contributed by atoms with Crippen LogP contribution in [0.2, 0.25) is 5.02 Å². The van der Waals surface area contributed by atoms with Gasteiger partial charge in [-0.25, -0.2) is 0 Å². The Balaban J connectivity index is 2.83. The van der Waals surface area contributed by atoms with Crippen molar-refractivity contribution in [2.24, 2.45) is 5.73 Å². The Morgan fingerprint density at radius 1 is 1.54 bits per heavy atom. The van der Waals surface area contributed by atoms with Crippen molar-refractivity contribution in [2.75, 3.05) is 0 Å². The van der Waals surface area contributed by atoms with E-state index in [9.17, 15) is 0 Å². The van der Waals surface area contributed by atoms with Crippen LogP contribution in [0.4, 0.5) is 0 Å². The van der Waals surface area contributed by atoms with Crippen molar-refractivity contribution in [2.45, 2.75) is 13.5 Å². The van der Waals surface area contributed by atoms with Gasteiger partial charge >= 0.3 is 0 Å². The number of hydrogen-bond acceptors (Lipinski definition) is 2. The summed E-state index contributed by atoms with van der Waals surface area (Å²) in [5.41, 5.74) is 8.37. The Hall–Kier alpha value is -1.06. The molecular formula is C9H10ClN3. The van der Waals surface area contributed by atoms with Crippen LogP contribution in [0.15, 0.2) is 12.1 Å². The zero-order valence-corrected chi connectivity index (χ0v) is 8.02. The van der Waals surface area contributed by atoms with E-state index in [1.165, 1.54) is 0 Å². The Bertz CT molecular complexity index is 447. The fourth-order valence-electron chi connectivity index (χ4n) is 1.42. The number of nitrogens with one attached hydrogen (secondary N) is 1. The lowest BCUT2D eigenvalue weighted by molar-refractivity contribution is 1.07. The van der Waals surface area contributed by atoms with Gasteiger partial charge in [0.15, 0.2) is 0 Å². The van der Waals surface area contributed by atoms with E-state index in [1.54, 1.807) is 0 Å². The van der Waals surface area contributed by atoms with Crippen LogP contribution in [0.25, 0.3) is 10.9 Å². The Kier molecular flexibility index (Phi) is 1.98. The maximum atomic E-state index is 6.15. The molecular weight excluding hydrogens is 186 g/mol. The van der Waals surface area contributed by atoms with Gasteiger partial charge in [-0.2, -0.15) is 5.10 Å². The number of H-pyrrole nitrogens is 1. The maximum absolute atomic E-state index is 6.15. The number of rotatable bonds is 1. The molecule has 0 saturated carbocycles. The molecule has 0 bridgehead atoms. The third-order valence-corrected chi connectivity index (χ3v) is 2.57. The summed E-state index contributed by atoms with van der Waals surface area (Å²) in [6.07, 6.45) is 0. The minimum Gasteiger partial charge on any atom is -0.326 e. The van der Waals surface area contributed by atoms with E-state index in [0.717, 1.165) is 22.2 Å². The van der Waals surface area contributed by atoms with Gasteiger partial charge in [0, 0.05) is 17.6 Å². The molecule has 0 atom stereocenters. The highest BCUT2D eigenvalue weighted by molar-refractivity contribution is 6.36. The second-order valence-electron chi connectivity index (χ2n) is 2.99. The van der Waals surface area contributed by atoms with Gasteiger partial charge in [0.05, 0.1) is 10.5 Å². The van der Waals surface area contributed by atoms with E-state index in [1.807, 2.05) is 19.1 Å². The fourth-order valence-corrected chi connectivity index (χ4v) is 1.80. The molecule has 13 heavy (non-hydrogen) atoms. The molecule has 0 aliphatic rings. The molecule has 1 aromatic heterocycles. The number of benzene rings is 1. The summed E-state index contributed by atoms with van der Waals surface area (Å²) in [4.78, 5) is 0. The van der Waals surface area contributed by atoms with Gasteiger partial charge in [-0.3, -0.25) is 5.10 Å². The number of aromatic nitrogens is 2. The third-order valence-electron chi connectivity index (χ3n) is 2.14. The van der Waals surface area contributed by atoms with Crippen molar-refractivity contribution in [3.63, 3.8) is 0 Å². The van der Waals surface area contributed by atoms with Crippen LogP contribution < -0.4 is 5.73 Å². The lowest BCUT2D eigenvalue weighted by atomic mass is 10.1. The molecule has 0 aliphatic carbocycles. The largest absolute Gasteiger partial charge is 0.326 e. The zero-order valence-electron chi connectivity index (χ0n) is 7.26. The normalized spacial score (nSPS) is 11.0. The van der Waals surface area contributed by atoms with E-state index in [0.29, 0.717) is 11.6 Å². The standard InChI is InChI=1S/C9H10ClN3/c1-5-8-7(13-12-5)3-2-6(4-11)9(8)10/h2-3H,4,11H2,1H3,(H,12,13). The van der Waals surface area contributed by atoms with Gasteiger partial charge in [-0.15, -0.1) is 0 Å². The first kappa shape index (κ1) is 8.53. The maximum Gasteiger partial charge on any atom is 0.0938 e. The number of aryl methyl sites for hydroxylation is 1. The lowest BCUT2D eigenvalue weighted by Gasteiger charge is -2.01. The van der Waals surface area contributed by atoms with Crippen LogP contribution in [0.1, 0.15) is 11.3 Å². The summed E-state index contributed by atoms with van der Waals surface area (Å²) in [6, 6.07) is 3.83. The SMILES string of the molecule is Cc1[nH]nc2ccc(CN)c(Cl)c12. The topological polar surface area (TPSA) is 54.7 Å². The molecule has 0 amide bonds. The van der Waals surface area contributed by atoms with Crippen molar-refractivity contribution in [3.05, 3.63) is 28.4 Å². The minimum absolute atomic E-state index is 0.458. The Morgan fingerprint density at radius 3 is 3.00 bits per heavy atom. The summed E-state index contributed by atoms with van der Waals surface area (Å²) >= 11 is 6.15. The van der Waals surface area contributed by atoms with Crippen LogP contribution >= 0.6 is 11.6 Å². The van der Waals surface area contributed by atoms with E-state index < -0.39 is 0 Å². The van der Waals surface area contributed by atoms with Crippen molar-refractivity contribution >= 4 is 22.5 Å². The molecule has 0 saturated heterocycles. The first-order valence-electron chi connectivity index (χ1n) is 4.06. The predicted octanol–water partition coefficient (Wildman–Crippen LogP) is 1.98. The molecule has 2 rings (SSSR count). The van der Waals surface area contributed by atoms with E-state index in [4.69, 9.17) is 17.3 Å². The van der Waals surface area contributed by atoms with E-state index >= 15 is 0 Å². The monoisotopic (exact) mass is 195 g/mol. The van der Waals surface area contributed by atoms with Crippen LogP contribution in [-0.4, -0.2) is 10.2 Å². The van der Waals surface area contributed by atoms with Crippen molar-refractivity contribution in [3.8, 4) is 0 Å². The summed E-state index contributed by atoms with van der Waals surface area (Å²) < 4.78 is 0. The molecule has 3 N–H and O–H groups in total. The van der Waals surface area contributed by atoms with Gasteiger partial charge in [0.25, 0.3) is 0 Å². The van der Waals surface area contributed by atoms with Crippen molar-refractivity contribution in [1.29, 1.82) is 0 Å². The highest BCUT2D eigenvalue weighted by Gasteiger charge is 2.08. The molecule has 4 heteroatoms. The first-order chi connectivity index (χ1) is 6.24. The molecule has 1 heterocycles. The summed E-state index contributed by atoms with van der Waals surface area (Å²) in [5, 5.41) is 8.69. The Morgan fingerprint density at radius 2 is 2.31 bits per heavy atom.